The fraction of sp³-hybridized carbons (Fsp3) is 0.462. The molecule has 1 heterocycles. The van der Waals surface area contributed by atoms with E-state index < -0.39 is 0 Å². The minimum absolute atomic E-state index is 0.0780. The van der Waals surface area contributed by atoms with Gasteiger partial charge in [-0.15, -0.1) is 0 Å². The lowest BCUT2D eigenvalue weighted by atomic mass is 10.2. The van der Waals surface area contributed by atoms with Crippen molar-refractivity contribution in [2.45, 2.75) is 11.8 Å². The minimum Gasteiger partial charge on any atom is -0.368 e. The van der Waals surface area contributed by atoms with Gasteiger partial charge >= 0.3 is 0 Å². The summed E-state index contributed by atoms with van der Waals surface area (Å²) in [6, 6.07) is 10.4. The number of amides is 1. The van der Waals surface area contributed by atoms with Crippen molar-refractivity contribution in [2.24, 2.45) is 0 Å². The average Bonchev–Trinajstić information content (AvgIpc) is 2.39. The zero-order valence-corrected chi connectivity index (χ0v) is 11.6. The van der Waals surface area contributed by atoms with Crippen LogP contribution in [0.2, 0.25) is 0 Å². The first-order valence-electron chi connectivity index (χ1n) is 5.91. The molecule has 1 aromatic rings. The van der Waals surface area contributed by atoms with E-state index in [0.717, 1.165) is 26.2 Å². The second kappa shape index (κ2) is 5.54. The number of hydrogen-bond donors (Lipinski definition) is 0. The molecule has 0 spiro atoms. The Kier molecular flexibility index (Phi) is 4.05. The standard InChI is InChI=1S/C13H17BrN2O/c1-11(14)13(17)16-9-7-15(8-10-16)12-5-3-2-4-6-12/h2-6,11H,7-10H2,1H3/t11-/m0/s1. The van der Waals surface area contributed by atoms with E-state index in [1.807, 2.05) is 30.0 Å². The maximum atomic E-state index is 11.8. The first kappa shape index (κ1) is 12.4. The Bertz CT molecular complexity index is 372. The average molecular weight is 297 g/mol. The molecule has 2 rings (SSSR count). The summed E-state index contributed by atoms with van der Waals surface area (Å²) >= 11 is 3.33. The van der Waals surface area contributed by atoms with E-state index in [4.69, 9.17) is 0 Å². The van der Waals surface area contributed by atoms with Crippen LogP contribution in [-0.2, 0) is 4.79 Å². The van der Waals surface area contributed by atoms with E-state index in [2.05, 4.69) is 33.0 Å². The van der Waals surface area contributed by atoms with Crippen LogP contribution in [0.4, 0.5) is 5.69 Å². The second-order valence-electron chi connectivity index (χ2n) is 4.26. The Hall–Kier alpha value is -1.03. The van der Waals surface area contributed by atoms with Gasteiger partial charge in [-0.05, 0) is 19.1 Å². The van der Waals surface area contributed by atoms with Crippen LogP contribution < -0.4 is 4.90 Å². The largest absolute Gasteiger partial charge is 0.368 e. The van der Waals surface area contributed by atoms with Crippen LogP contribution in [0.15, 0.2) is 30.3 Å². The summed E-state index contributed by atoms with van der Waals surface area (Å²) < 4.78 is 0. The maximum absolute atomic E-state index is 11.8. The molecule has 1 aromatic carbocycles. The Morgan fingerprint density at radius 2 is 1.76 bits per heavy atom. The molecule has 1 atom stereocenters. The fourth-order valence-corrected chi connectivity index (χ4v) is 2.36. The minimum atomic E-state index is -0.0780. The summed E-state index contributed by atoms with van der Waals surface area (Å²) in [5.41, 5.74) is 1.24. The molecule has 92 valence electrons. The number of rotatable bonds is 2. The number of hydrogen-bond acceptors (Lipinski definition) is 2. The summed E-state index contributed by atoms with van der Waals surface area (Å²) in [6.07, 6.45) is 0. The first-order chi connectivity index (χ1) is 8.18. The molecule has 0 N–H and O–H groups in total. The van der Waals surface area contributed by atoms with Gasteiger partial charge in [0.25, 0.3) is 0 Å². The van der Waals surface area contributed by atoms with E-state index in [1.54, 1.807) is 0 Å². The third kappa shape index (κ3) is 3.00. The van der Waals surface area contributed by atoms with E-state index in [0.29, 0.717) is 0 Å². The van der Waals surface area contributed by atoms with Crippen molar-refractivity contribution in [3.05, 3.63) is 30.3 Å². The molecule has 4 heteroatoms. The quantitative estimate of drug-likeness (QED) is 0.781. The van der Waals surface area contributed by atoms with Crippen LogP contribution in [0.25, 0.3) is 0 Å². The van der Waals surface area contributed by atoms with Crippen LogP contribution in [0.3, 0.4) is 0 Å². The zero-order chi connectivity index (χ0) is 12.3. The normalized spacial score (nSPS) is 18.0. The van der Waals surface area contributed by atoms with Gasteiger partial charge in [-0.3, -0.25) is 4.79 Å². The van der Waals surface area contributed by atoms with Crippen LogP contribution >= 0.6 is 15.9 Å². The molecule has 0 aliphatic carbocycles. The molecule has 1 amide bonds. The Morgan fingerprint density at radius 3 is 2.29 bits per heavy atom. The smallest absolute Gasteiger partial charge is 0.236 e. The highest BCUT2D eigenvalue weighted by Gasteiger charge is 2.23. The lowest BCUT2D eigenvalue weighted by Crippen LogP contribution is -2.50. The number of alkyl halides is 1. The van der Waals surface area contributed by atoms with Crippen molar-refractivity contribution >= 4 is 27.5 Å². The predicted octanol–water partition coefficient (Wildman–Crippen LogP) is 2.12. The van der Waals surface area contributed by atoms with Crippen molar-refractivity contribution in [1.82, 2.24) is 4.90 Å². The van der Waals surface area contributed by atoms with Gasteiger partial charge in [0, 0.05) is 31.9 Å². The molecular weight excluding hydrogens is 280 g/mol. The van der Waals surface area contributed by atoms with Crippen molar-refractivity contribution in [2.75, 3.05) is 31.1 Å². The van der Waals surface area contributed by atoms with E-state index in [9.17, 15) is 4.79 Å². The number of piperazine rings is 1. The Morgan fingerprint density at radius 1 is 1.18 bits per heavy atom. The monoisotopic (exact) mass is 296 g/mol. The number of anilines is 1. The van der Waals surface area contributed by atoms with E-state index in [1.165, 1.54) is 5.69 Å². The zero-order valence-electron chi connectivity index (χ0n) is 9.97. The van der Waals surface area contributed by atoms with Crippen molar-refractivity contribution in [3.8, 4) is 0 Å². The molecule has 17 heavy (non-hydrogen) atoms. The maximum Gasteiger partial charge on any atom is 0.236 e. The highest BCUT2D eigenvalue weighted by molar-refractivity contribution is 9.10. The van der Waals surface area contributed by atoms with Crippen molar-refractivity contribution in [1.29, 1.82) is 0 Å². The van der Waals surface area contributed by atoms with Gasteiger partial charge in [-0.25, -0.2) is 0 Å². The summed E-state index contributed by atoms with van der Waals surface area (Å²) in [7, 11) is 0. The van der Waals surface area contributed by atoms with Crippen molar-refractivity contribution < 1.29 is 4.79 Å². The summed E-state index contributed by atoms with van der Waals surface area (Å²) in [4.78, 5) is 16.0. The highest BCUT2D eigenvalue weighted by atomic mass is 79.9. The second-order valence-corrected chi connectivity index (χ2v) is 5.64. The van der Waals surface area contributed by atoms with Gasteiger partial charge in [0.1, 0.15) is 0 Å². The van der Waals surface area contributed by atoms with Crippen LogP contribution in [0.1, 0.15) is 6.92 Å². The number of nitrogens with zero attached hydrogens (tertiary/aromatic N) is 2. The Balaban J connectivity index is 1.93. The molecular formula is C13H17BrN2O. The third-order valence-corrected chi connectivity index (χ3v) is 3.44. The van der Waals surface area contributed by atoms with Gasteiger partial charge in [-0.1, -0.05) is 34.1 Å². The molecule has 1 saturated heterocycles. The Labute approximate surface area is 111 Å². The van der Waals surface area contributed by atoms with Gasteiger partial charge in [0.05, 0.1) is 4.83 Å². The number of benzene rings is 1. The first-order valence-corrected chi connectivity index (χ1v) is 6.83. The van der Waals surface area contributed by atoms with Gasteiger partial charge in [-0.2, -0.15) is 0 Å². The fourth-order valence-electron chi connectivity index (χ4n) is 2.08. The SMILES string of the molecule is C[C@H](Br)C(=O)N1CCN(c2ccccc2)CC1. The summed E-state index contributed by atoms with van der Waals surface area (Å²) in [5, 5.41) is 0. The summed E-state index contributed by atoms with van der Waals surface area (Å²) in [5.74, 6) is 0.192. The van der Waals surface area contributed by atoms with Crippen LogP contribution in [-0.4, -0.2) is 41.8 Å². The number of carbonyl (C=O) groups excluding carboxylic acids is 1. The molecule has 0 radical (unpaired) electrons. The molecule has 1 aliphatic heterocycles. The molecule has 3 nitrogen and oxygen atoms in total. The number of carbonyl (C=O) groups is 1. The van der Waals surface area contributed by atoms with E-state index >= 15 is 0 Å². The lowest BCUT2D eigenvalue weighted by Gasteiger charge is -2.36. The topological polar surface area (TPSA) is 23.6 Å². The molecule has 0 saturated carbocycles. The molecule has 1 aliphatic rings. The van der Waals surface area contributed by atoms with Gasteiger partial charge < -0.3 is 9.80 Å². The number of halogens is 1. The van der Waals surface area contributed by atoms with E-state index in [-0.39, 0.29) is 10.7 Å². The van der Waals surface area contributed by atoms with Crippen LogP contribution in [0, 0.1) is 0 Å². The molecule has 0 bridgehead atoms. The van der Waals surface area contributed by atoms with Crippen molar-refractivity contribution in [3.63, 3.8) is 0 Å². The molecule has 0 aromatic heterocycles. The van der Waals surface area contributed by atoms with Crippen LogP contribution in [0.5, 0.6) is 0 Å². The van der Waals surface area contributed by atoms with Gasteiger partial charge in [0.2, 0.25) is 5.91 Å². The molecule has 1 fully saturated rings. The summed E-state index contributed by atoms with van der Waals surface area (Å²) in [6.45, 7) is 5.32. The lowest BCUT2D eigenvalue weighted by molar-refractivity contribution is -0.130. The highest BCUT2D eigenvalue weighted by Crippen LogP contribution is 2.16. The number of para-hydroxylation sites is 1. The van der Waals surface area contributed by atoms with Gasteiger partial charge in [0.15, 0.2) is 0 Å². The molecule has 0 unspecified atom stereocenters. The predicted molar refractivity (Wildman–Crippen MR) is 73.6 cm³/mol. The third-order valence-electron chi connectivity index (χ3n) is 3.05.